The number of ether oxygens (including phenoxy) is 1. The Hall–Kier alpha value is -1.06. The second-order valence-electron chi connectivity index (χ2n) is 6.55. The van der Waals surface area contributed by atoms with Crippen molar-refractivity contribution in [1.82, 2.24) is 15.5 Å². The van der Waals surface area contributed by atoms with E-state index in [0.29, 0.717) is 10.0 Å². The third kappa shape index (κ3) is 5.97. The number of anilines is 1. The van der Waals surface area contributed by atoms with E-state index in [1.54, 1.807) is 12.1 Å². The van der Waals surface area contributed by atoms with Gasteiger partial charge in [0.15, 0.2) is 4.34 Å². The van der Waals surface area contributed by atoms with Crippen molar-refractivity contribution < 1.29 is 9.53 Å². The van der Waals surface area contributed by atoms with Crippen LogP contribution in [0.1, 0.15) is 38.3 Å². The highest BCUT2D eigenvalue weighted by Gasteiger charge is 2.21. The van der Waals surface area contributed by atoms with Gasteiger partial charge in [-0.3, -0.25) is 4.79 Å². The molecule has 10 heteroatoms. The second kappa shape index (κ2) is 10.1. The molecule has 152 valence electrons. The maximum absolute atomic E-state index is 12.5. The first-order valence-corrected chi connectivity index (χ1v) is 11.5. The number of rotatable bonds is 8. The fourth-order valence-corrected chi connectivity index (χ4v) is 5.29. The fraction of sp³-hybridized carbons (Fsp3) is 0.500. The van der Waals surface area contributed by atoms with Gasteiger partial charge in [0, 0.05) is 23.2 Å². The number of benzene rings is 1. The molecule has 2 aromatic rings. The average molecular weight is 461 g/mol. The SMILES string of the molecule is C[C@H](Sc1nnc(NC[C@@H]2CCCO2)s1)C(=O)N[C@@H](C)c1ccc(Cl)cc1Cl. The van der Waals surface area contributed by atoms with E-state index in [1.165, 1.54) is 23.1 Å². The van der Waals surface area contributed by atoms with Gasteiger partial charge < -0.3 is 15.4 Å². The second-order valence-corrected chi connectivity index (χ2v) is 9.95. The number of thioether (sulfide) groups is 1. The van der Waals surface area contributed by atoms with Crippen LogP contribution < -0.4 is 10.6 Å². The van der Waals surface area contributed by atoms with Crippen molar-refractivity contribution in [3.8, 4) is 0 Å². The van der Waals surface area contributed by atoms with Crippen LogP contribution in [0.3, 0.4) is 0 Å². The molecule has 3 atom stereocenters. The molecule has 6 nitrogen and oxygen atoms in total. The molecular weight excluding hydrogens is 439 g/mol. The molecule has 1 saturated heterocycles. The number of amides is 1. The summed E-state index contributed by atoms with van der Waals surface area (Å²) in [5, 5.41) is 16.1. The van der Waals surface area contributed by atoms with Crippen LogP contribution in [0, 0.1) is 0 Å². The van der Waals surface area contributed by atoms with Crippen LogP contribution >= 0.6 is 46.3 Å². The van der Waals surface area contributed by atoms with Crippen molar-refractivity contribution in [2.45, 2.75) is 48.4 Å². The summed E-state index contributed by atoms with van der Waals surface area (Å²) in [6.45, 7) is 5.30. The molecule has 0 saturated carbocycles. The highest BCUT2D eigenvalue weighted by molar-refractivity contribution is 8.02. The standard InChI is InChI=1S/C18H22Cl2N4O2S2/c1-10(14-6-5-12(19)8-15(14)20)22-16(25)11(2)27-18-24-23-17(28-18)21-9-13-4-3-7-26-13/h5-6,8,10-11,13H,3-4,7,9H2,1-2H3,(H,21,23)(H,22,25)/t10-,11-,13-/m0/s1. The summed E-state index contributed by atoms with van der Waals surface area (Å²) < 4.78 is 6.33. The van der Waals surface area contributed by atoms with E-state index in [2.05, 4.69) is 20.8 Å². The Morgan fingerprint density at radius 2 is 2.21 bits per heavy atom. The van der Waals surface area contributed by atoms with E-state index in [0.717, 1.165) is 41.0 Å². The molecule has 3 rings (SSSR count). The maximum atomic E-state index is 12.5. The van der Waals surface area contributed by atoms with E-state index < -0.39 is 0 Å². The summed E-state index contributed by atoms with van der Waals surface area (Å²) >= 11 is 15.0. The first-order valence-electron chi connectivity index (χ1n) is 9.03. The molecule has 1 aromatic heterocycles. The zero-order valence-corrected chi connectivity index (χ0v) is 18.7. The highest BCUT2D eigenvalue weighted by atomic mass is 35.5. The molecular formula is C18H22Cl2N4O2S2. The lowest BCUT2D eigenvalue weighted by molar-refractivity contribution is -0.120. The molecule has 0 unspecified atom stereocenters. The summed E-state index contributed by atoms with van der Waals surface area (Å²) in [6.07, 6.45) is 2.42. The summed E-state index contributed by atoms with van der Waals surface area (Å²) in [5.74, 6) is -0.0902. The maximum Gasteiger partial charge on any atom is 0.233 e. The van der Waals surface area contributed by atoms with Crippen molar-refractivity contribution in [1.29, 1.82) is 0 Å². The van der Waals surface area contributed by atoms with Gasteiger partial charge >= 0.3 is 0 Å². The summed E-state index contributed by atoms with van der Waals surface area (Å²) in [6, 6.07) is 5.03. The molecule has 1 aliphatic rings. The first kappa shape index (κ1) is 21.6. The van der Waals surface area contributed by atoms with Gasteiger partial charge in [-0.2, -0.15) is 0 Å². The number of nitrogens with one attached hydrogen (secondary N) is 2. The van der Waals surface area contributed by atoms with Gasteiger partial charge in [0.25, 0.3) is 0 Å². The lowest BCUT2D eigenvalue weighted by atomic mass is 10.1. The topological polar surface area (TPSA) is 76.1 Å². The van der Waals surface area contributed by atoms with Crippen LogP contribution in [0.4, 0.5) is 5.13 Å². The Labute approximate surface area is 182 Å². The number of carbonyl (C=O) groups excluding carboxylic acids is 1. The summed E-state index contributed by atoms with van der Waals surface area (Å²) in [7, 11) is 0. The van der Waals surface area contributed by atoms with Crippen LogP contribution in [-0.2, 0) is 9.53 Å². The van der Waals surface area contributed by atoms with Crippen LogP contribution in [0.5, 0.6) is 0 Å². The third-order valence-corrected chi connectivity index (χ3v) is 6.97. The molecule has 28 heavy (non-hydrogen) atoms. The molecule has 0 radical (unpaired) electrons. The van der Waals surface area contributed by atoms with E-state index in [1.807, 2.05) is 19.9 Å². The Balaban J connectivity index is 1.49. The van der Waals surface area contributed by atoms with E-state index in [4.69, 9.17) is 27.9 Å². The minimum atomic E-state index is -0.313. The van der Waals surface area contributed by atoms with E-state index in [9.17, 15) is 4.79 Å². The molecule has 1 aliphatic heterocycles. The predicted octanol–water partition coefficient (Wildman–Crippen LogP) is 4.79. The van der Waals surface area contributed by atoms with Gasteiger partial charge in [-0.05, 0) is 44.4 Å². The van der Waals surface area contributed by atoms with Gasteiger partial charge in [-0.1, -0.05) is 52.4 Å². The molecule has 0 aliphatic carbocycles. The zero-order chi connectivity index (χ0) is 20.1. The highest BCUT2D eigenvalue weighted by Crippen LogP contribution is 2.30. The number of nitrogens with zero attached hydrogens (tertiary/aromatic N) is 2. The monoisotopic (exact) mass is 460 g/mol. The smallest absolute Gasteiger partial charge is 0.233 e. The number of carbonyl (C=O) groups is 1. The largest absolute Gasteiger partial charge is 0.376 e. The van der Waals surface area contributed by atoms with Crippen molar-refractivity contribution in [3.05, 3.63) is 33.8 Å². The van der Waals surface area contributed by atoms with Gasteiger partial charge in [-0.15, -0.1) is 10.2 Å². The van der Waals surface area contributed by atoms with Crippen molar-refractivity contribution in [3.63, 3.8) is 0 Å². The Bertz CT molecular complexity index is 815. The lowest BCUT2D eigenvalue weighted by Gasteiger charge is -2.18. The van der Waals surface area contributed by atoms with Crippen molar-refractivity contribution >= 4 is 57.3 Å². The Morgan fingerprint density at radius 1 is 1.39 bits per heavy atom. The van der Waals surface area contributed by atoms with Crippen molar-refractivity contribution in [2.24, 2.45) is 0 Å². The van der Waals surface area contributed by atoms with Gasteiger partial charge in [0.2, 0.25) is 11.0 Å². The Kier molecular flexibility index (Phi) is 7.82. The zero-order valence-electron chi connectivity index (χ0n) is 15.6. The first-order chi connectivity index (χ1) is 13.4. The fourth-order valence-electron chi connectivity index (χ4n) is 2.80. The van der Waals surface area contributed by atoms with E-state index >= 15 is 0 Å². The molecule has 2 N–H and O–H groups in total. The number of halogens is 2. The minimum absolute atomic E-state index is 0.0902. The van der Waals surface area contributed by atoms with Crippen LogP contribution in [0.2, 0.25) is 10.0 Å². The Morgan fingerprint density at radius 3 is 2.93 bits per heavy atom. The van der Waals surface area contributed by atoms with Gasteiger partial charge in [0.1, 0.15) is 0 Å². The molecule has 0 spiro atoms. The molecule has 0 bridgehead atoms. The van der Waals surface area contributed by atoms with Crippen LogP contribution in [0.15, 0.2) is 22.5 Å². The normalized spacial score (nSPS) is 18.6. The quantitative estimate of drug-likeness (QED) is 0.551. The summed E-state index contributed by atoms with van der Waals surface area (Å²) in [4.78, 5) is 12.5. The average Bonchev–Trinajstić information content (AvgIpc) is 3.31. The van der Waals surface area contributed by atoms with Crippen LogP contribution in [-0.4, -0.2) is 40.6 Å². The van der Waals surface area contributed by atoms with Gasteiger partial charge in [-0.25, -0.2) is 0 Å². The summed E-state index contributed by atoms with van der Waals surface area (Å²) in [5.41, 5.74) is 0.827. The van der Waals surface area contributed by atoms with Crippen molar-refractivity contribution in [2.75, 3.05) is 18.5 Å². The lowest BCUT2D eigenvalue weighted by Crippen LogP contribution is -2.33. The third-order valence-electron chi connectivity index (χ3n) is 4.35. The number of hydrogen-bond acceptors (Lipinski definition) is 7. The van der Waals surface area contributed by atoms with Crippen LogP contribution in [0.25, 0.3) is 0 Å². The number of hydrogen-bond donors (Lipinski definition) is 2. The predicted molar refractivity (Wildman–Crippen MR) is 116 cm³/mol. The molecule has 2 heterocycles. The molecule has 1 amide bonds. The minimum Gasteiger partial charge on any atom is -0.376 e. The molecule has 1 fully saturated rings. The number of aromatic nitrogens is 2. The van der Waals surface area contributed by atoms with Gasteiger partial charge in [0.05, 0.1) is 17.4 Å². The van der Waals surface area contributed by atoms with E-state index in [-0.39, 0.29) is 23.3 Å². The molecule has 1 aromatic carbocycles.